The molecule has 112 valence electrons. The van der Waals surface area contributed by atoms with Crippen molar-refractivity contribution in [1.82, 2.24) is 0 Å². The van der Waals surface area contributed by atoms with E-state index in [2.05, 4.69) is 13.8 Å². The topological polar surface area (TPSA) is 47.9 Å². The minimum Gasteiger partial charge on any atom is -0.394 e. The van der Waals surface area contributed by atoms with E-state index in [4.69, 9.17) is 14.2 Å². The number of methoxy groups -OCH3 is 1. The van der Waals surface area contributed by atoms with Gasteiger partial charge in [-0.3, -0.25) is 0 Å². The van der Waals surface area contributed by atoms with Gasteiger partial charge < -0.3 is 19.3 Å². The summed E-state index contributed by atoms with van der Waals surface area (Å²) in [7, 11) is 1.61. The van der Waals surface area contributed by atoms with Gasteiger partial charge in [-0.25, -0.2) is 0 Å². The smallest absolute Gasteiger partial charge is 0.184 e. The van der Waals surface area contributed by atoms with Crippen LogP contribution in [-0.4, -0.2) is 37.3 Å². The first-order valence-electron chi connectivity index (χ1n) is 7.12. The molecule has 1 heterocycles. The summed E-state index contributed by atoms with van der Waals surface area (Å²) in [6.07, 6.45) is -0.744. The lowest BCUT2D eigenvalue weighted by Gasteiger charge is -2.43. The zero-order chi connectivity index (χ0) is 14.5. The van der Waals surface area contributed by atoms with Gasteiger partial charge in [-0.2, -0.15) is 0 Å². The van der Waals surface area contributed by atoms with Crippen LogP contribution in [0.3, 0.4) is 0 Å². The number of ether oxygens (including phenoxy) is 3. The monoisotopic (exact) mass is 280 g/mol. The van der Waals surface area contributed by atoms with E-state index >= 15 is 0 Å². The van der Waals surface area contributed by atoms with E-state index in [0.29, 0.717) is 6.61 Å². The first-order chi connectivity index (χ1) is 9.67. The van der Waals surface area contributed by atoms with Crippen molar-refractivity contribution in [2.24, 2.45) is 11.8 Å². The third-order valence-corrected chi connectivity index (χ3v) is 4.21. The second-order valence-corrected chi connectivity index (χ2v) is 5.44. The third-order valence-electron chi connectivity index (χ3n) is 4.21. The SMILES string of the molecule is COC1OC(CO)C(C)C(C)C1OCc1ccccc1. The molecule has 1 aliphatic rings. The normalized spacial score (nSPS) is 34.1. The maximum absolute atomic E-state index is 9.37. The van der Waals surface area contributed by atoms with Gasteiger partial charge in [0.2, 0.25) is 0 Å². The van der Waals surface area contributed by atoms with Gasteiger partial charge in [0.15, 0.2) is 6.29 Å². The molecule has 1 fully saturated rings. The van der Waals surface area contributed by atoms with Gasteiger partial charge in [-0.05, 0) is 17.4 Å². The summed E-state index contributed by atoms with van der Waals surface area (Å²) in [6.45, 7) is 4.75. The number of hydrogen-bond donors (Lipinski definition) is 1. The van der Waals surface area contributed by atoms with Crippen LogP contribution in [0.2, 0.25) is 0 Å². The van der Waals surface area contributed by atoms with E-state index in [0.717, 1.165) is 5.56 Å². The predicted molar refractivity (Wildman–Crippen MR) is 76.1 cm³/mol. The van der Waals surface area contributed by atoms with Gasteiger partial charge in [-0.15, -0.1) is 0 Å². The lowest BCUT2D eigenvalue weighted by atomic mass is 9.83. The third kappa shape index (κ3) is 3.38. The Morgan fingerprint density at radius 3 is 2.45 bits per heavy atom. The Hall–Kier alpha value is -0.940. The Labute approximate surface area is 120 Å². The molecular formula is C16H24O4. The molecule has 5 unspecified atom stereocenters. The molecule has 1 saturated heterocycles. The molecule has 0 aromatic heterocycles. The molecule has 4 heteroatoms. The Morgan fingerprint density at radius 2 is 1.85 bits per heavy atom. The molecule has 1 aromatic rings. The van der Waals surface area contributed by atoms with Crippen LogP contribution < -0.4 is 0 Å². The summed E-state index contributed by atoms with van der Waals surface area (Å²) < 4.78 is 17.2. The number of aliphatic hydroxyl groups is 1. The van der Waals surface area contributed by atoms with Crippen molar-refractivity contribution >= 4 is 0 Å². The molecule has 2 rings (SSSR count). The summed E-state index contributed by atoms with van der Waals surface area (Å²) in [4.78, 5) is 0. The molecule has 1 aromatic carbocycles. The Balaban J connectivity index is 2.01. The van der Waals surface area contributed by atoms with Gasteiger partial charge in [0, 0.05) is 7.11 Å². The average Bonchev–Trinajstić information content (AvgIpc) is 2.49. The lowest BCUT2D eigenvalue weighted by Crippen LogP contribution is -2.52. The minimum atomic E-state index is -0.429. The molecule has 1 aliphatic heterocycles. The van der Waals surface area contributed by atoms with Crippen LogP contribution in [0, 0.1) is 11.8 Å². The number of benzene rings is 1. The van der Waals surface area contributed by atoms with Crippen LogP contribution in [0.5, 0.6) is 0 Å². The molecule has 0 bridgehead atoms. The van der Waals surface area contributed by atoms with Crippen molar-refractivity contribution in [1.29, 1.82) is 0 Å². The van der Waals surface area contributed by atoms with Crippen molar-refractivity contribution in [3.63, 3.8) is 0 Å². The first-order valence-corrected chi connectivity index (χ1v) is 7.12. The fraction of sp³-hybridized carbons (Fsp3) is 0.625. The zero-order valence-electron chi connectivity index (χ0n) is 12.4. The molecule has 1 N–H and O–H groups in total. The van der Waals surface area contributed by atoms with Gasteiger partial charge >= 0.3 is 0 Å². The fourth-order valence-electron chi connectivity index (χ4n) is 2.66. The van der Waals surface area contributed by atoms with E-state index in [9.17, 15) is 5.11 Å². The van der Waals surface area contributed by atoms with Crippen LogP contribution in [-0.2, 0) is 20.8 Å². The highest BCUT2D eigenvalue weighted by Gasteiger charge is 2.42. The maximum Gasteiger partial charge on any atom is 0.184 e. The largest absolute Gasteiger partial charge is 0.394 e. The summed E-state index contributed by atoms with van der Waals surface area (Å²) in [5.41, 5.74) is 1.13. The van der Waals surface area contributed by atoms with Crippen LogP contribution >= 0.6 is 0 Å². The fourth-order valence-corrected chi connectivity index (χ4v) is 2.66. The number of aliphatic hydroxyl groups excluding tert-OH is 1. The average molecular weight is 280 g/mol. The van der Waals surface area contributed by atoms with Gasteiger partial charge in [-0.1, -0.05) is 44.2 Å². The van der Waals surface area contributed by atoms with Gasteiger partial charge in [0.1, 0.15) is 6.10 Å². The maximum atomic E-state index is 9.37. The molecule has 20 heavy (non-hydrogen) atoms. The van der Waals surface area contributed by atoms with E-state index < -0.39 is 6.29 Å². The predicted octanol–water partition coefficient (Wildman–Crippen LogP) is 2.21. The van der Waals surface area contributed by atoms with Crippen molar-refractivity contribution in [2.75, 3.05) is 13.7 Å². The molecule has 0 radical (unpaired) electrons. The second-order valence-electron chi connectivity index (χ2n) is 5.44. The Morgan fingerprint density at radius 1 is 1.15 bits per heavy atom. The van der Waals surface area contributed by atoms with Crippen LogP contribution in [0.15, 0.2) is 30.3 Å². The van der Waals surface area contributed by atoms with Crippen molar-refractivity contribution in [3.8, 4) is 0 Å². The highest BCUT2D eigenvalue weighted by molar-refractivity contribution is 5.13. The number of rotatable bonds is 5. The molecule has 0 aliphatic carbocycles. The van der Waals surface area contributed by atoms with Crippen molar-refractivity contribution in [2.45, 2.75) is 39.0 Å². The van der Waals surface area contributed by atoms with E-state index in [1.807, 2.05) is 30.3 Å². The molecule has 0 spiro atoms. The molecule has 4 nitrogen and oxygen atoms in total. The van der Waals surface area contributed by atoms with E-state index in [1.165, 1.54) is 0 Å². The van der Waals surface area contributed by atoms with Gasteiger partial charge in [0.25, 0.3) is 0 Å². The summed E-state index contributed by atoms with van der Waals surface area (Å²) >= 11 is 0. The highest BCUT2D eigenvalue weighted by atomic mass is 16.7. The first kappa shape index (κ1) is 15.4. The highest BCUT2D eigenvalue weighted by Crippen LogP contribution is 2.33. The van der Waals surface area contributed by atoms with Crippen molar-refractivity contribution in [3.05, 3.63) is 35.9 Å². The van der Waals surface area contributed by atoms with Crippen LogP contribution in [0.1, 0.15) is 19.4 Å². The summed E-state index contributed by atoms with van der Waals surface area (Å²) in [6, 6.07) is 10.1. The quantitative estimate of drug-likeness (QED) is 0.898. The van der Waals surface area contributed by atoms with E-state index in [-0.39, 0.29) is 30.7 Å². The van der Waals surface area contributed by atoms with Crippen LogP contribution in [0.4, 0.5) is 0 Å². The van der Waals surface area contributed by atoms with E-state index in [1.54, 1.807) is 7.11 Å². The zero-order valence-corrected chi connectivity index (χ0v) is 12.4. The summed E-state index contributed by atoms with van der Waals surface area (Å²) in [5, 5.41) is 9.37. The molecule has 0 amide bonds. The minimum absolute atomic E-state index is 0.0107. The number of hydrogen-bond acceptors (Lipinski definition) is 4. The van der Waals surface area contributed by atoms with Crippen molar-refractivity contribution < 1.29 is 19.3 Å². The van der Waals surface area contributed by atoms with Gasteiger partial charge in [0.05, 0.1) is 19.3 Å². The van der Waals surface area contributed by atoms with Crippen LogP contribution in [0.25, 0.3) is 0 Å². The molecular weight excluding hydrogens is 256 g/mol. The Bertz CT molecular complexity index is 393. The Kier molecular flexibility index (Phi) is 5.54. The second kappa shape index (κ2) is 7.18. The summed E-state index contributed by atoms with van der Waals surface area (Å²) in [5.74, 6) is 0.488. The molecule has 5 atom stereocenters. The lowest BCUT2D eigenvalue weighted by molar-refractivity contribution is -0.279. The standard InChI is InChI=1S/C16H24O4/c1-11-12(2)15(16(18-3)20-14(11)9-17)19-10-13-7-5-4-6-8-13/h4-8,11-12,14-17H,9-10H2,1-3H3. The molecule has 0 saturated carbocycles.